The number of carbonyl (C=O) groups excluding carboxylic acids is 2. The molecular formula is C22H24N4O3. The predicted octanol–water partition coefficient (Wildman–Crippen LogP) is 2.02. The van der Waals surface area contributed by atoms with Gasteiger partial charge in [0.05, 0.1) is 23.9 Å². The van der Waals surface area contributed by atoms with Crippen LogP contribution >= 0.6 is 0 Å². The summed E-state index contributed by atoms with van der Waals surface area (Å²) >= 11 is 0. The number of hydrogen-bond donors (Lipinski definition) is 2. The Balaban J connectivity index is 1.54. The highest BCUT2D eigenvalue weighted by molar-refractivity contribution is 5.80. The molecule has 0 saturated carbocycles. The van der Waals surface area contributed by atoms with Gasteiger partial charge >= 0.3 is 0 Å². The molecule has 0 atom stereocenters. The zero-order valence-electron chi connectivity index (χ0n) is 16.4. The molecule has 2 amide bonds. The summed E-state index contributed by atoms with van der Waals surface area (Å²) in [6, 6.07) is 16.5. The van der Waals surface area contributed by atoms with Gasteiger partial charge in [-0.15, -0.1) is 0 Å². The van der Waals surface area contributed by atoms with Gasteiger partial charge in [-0.1, -0.05) is 42.5 Å². The third kappa shape index (κ3) is 5.51. The maximum Gasteiger partial charge on any atom is 0.258 e. The van der Waals surface area contributed by atoms with Crippen molar-refractivity contribution in [2.24, 2.45) is 0 Å². The number of fused-ring (bicyclic) bond motifs is 1. The summed E-state index contributed by atoms with van der Waals surface area (Å²) in [5, 5.41) is 3.30. The molecule has 0 saturated heterocycles. The van der Waals surface area contributed by atoms with Crippen molar-refractivity contribution in [3.05, 3.63) is 76.3 Å². The standard InChI is InChI=1S/C22H24N4O3/c1-2-26(15-19-24-18-11-7-6-10-17(18)22(29)25-19)21(28)12-13-23-20(27)14-16-8-4-3-5-9-16/h3-11H,2,12-15H2,1H3,(H,23,27)(H,24,25,29). The molecule has 0 fully saturated rings. The Morgan fingerprint density at radius 2 is 1.79 bits per heavy atom. The van der Waals surface area contributed by atoms with Crippen molar-refractivity contribution in [2.75, 3.05) is 13.1 Å². The van der Waals surface area contributed by atoms with E-state index in [-0.39, 0.29) is 43.3 Å². The zero-order chi connectivity index (χ0) is 20.6. The van der Waals surface area contributed by atoms with Crippen LogP contribution in [0, 0.1) is 0 Å². The molecule has 7 heteroatoms. The van der Waals surface area contributed by atoms with Gasteiger partial charge in [0.25, 0.3) is 5.56 Å². The van der Waals surface area contributed by atoms with Crippen molar-refractivity contribution in [3.63, 3.8) is 0 Å². The van der Waals surface area contributed by atoms with Crippen molar-refractivity contribution in [2.45, 2.75) is 26.3 Å². The Labute approximate surface area is 168 Å². The van der Waals surface area contributed by atoms with E-state index in [1.165, 1.54) is 0 Å². The first-order chi connectivity index (χ1) is 14.1. The molecule has 0 bridgehead atoms. The van der Waals surface area contributed by atoms with Crippen LogP contribution in [-0.4, -0.2) is 39.8 Å². The topological polar surface area (TPSA) is 95.2 Å². The van der Waals surface area contributed by atoms with E-state index in [9.17, 15) is 14.4 Å². The summed E-state index contributed by atoms with van der Waals surface area (Å²) < 4.78 is 0. The third-order valence-corrected chi connectivity index (χ3v) is 4.61. The number of carbonyl (C=O) groups is 2. The number of benzene rings is 2. The Bertz CT molecular complexity index is 1050. The van der Waals surface area contributed by atoms with Crippen molar-refractivity contribution < 1.29 is 9.59 Å². The molecule has 0 aliphatic rings. The van der Waals surface area contributed by atoms with Crippen LogP contribution in [0.2, 0.25) is 0 Å². The normalized spacial score (nSPS) is 10.7. The smallest absolute Gasteiger partial charge is 0.258 e. The van der Waals surface area contributed by atoms with Gasteiger partial charge in [-0.2, -0.15) is 0 Å². The summed E-state index contributed by atoms with van der Waals surface area (Å²) in [6.07, 6.45) is 0.473. The predicted molar refractivity (Wildman–Crippen MR) is 111 cm³/mol. The van der Waals surface area contributed by atoms with Crippen LogP contribution in [0.25, 0.3) is 10.9 Å². The largest absolute Gasteiger partial charge is 0.355 e. The molecule has 2 aromatic carbocycles. The Morgan fingerprint density at radius 3 is 2.55 bits per heavy atom. The van der Waals surface area contributed by atoms with E-state index in [2.05, 4.69) is 15.3 Å². The highest BCUT2D eigenvalue weighted by Crippen LogP contribution is 2.08. The van der Waals surface area contributed by atoms with Gasteiger partial charge in [0.2, 0.25) is 11.8 Å². The fourth-order valence-electron chi connectivity index (χ4n) is 3.08. The van der Waals surface area contributed by atoms with Crippen LogP contribution in [0.1, 0.15) is 24.7 Å². The lowest BCUT2D eigenvalue weighted by atomic mass is 10.1. The van der Waals surface area contributed by atoms with Gasteiger partial charge < -0.3 is 15.2 Å². The Kier molecular flexibility index (Phi) is 6.73. The van der Waals surface area contributed by atoms with Gasteiger partial charge in [0.15, 0.2) is 0 Å². The van der Waals surface area contributed by atoms with Gasteiger partial charge in [-0.05, 0) is 24.6 Å². The number of nitrogens with one attached hydrogen (secondary N) is 2. The van der Waals surface area contributed by atoms with Gasteiger partial charge in [0.1, 0.15) is 5.82 Å². The van der Waals surface area contributed by atoms with E-state index in [0.717, 1.165) is 5.56 Å². The molecule has 0 aliphatic heterocycles. The molecule has 7 nitrogen and oxygen atoms in total. The average Bonchev–Trinajstić information content (AvgIpc) is 2.72. The van der Waals surface area contributed by atoms with Crippen LogP contribution in [-0.2, 0) is 22.6 Å². The van der Waals surface area contributed by atoms with Crippen molar-refractivity contribution in [3.8, 4) is 0 Å². The van der Waals surface area contributed by atoms with Gasteiger partial charge in [-0.25, -0.2) is 4.98 Å². The average molecular weight is 392 g/mol. The second-order valence-electron chi connectivity index (χ2n) is 6.70. The summed E-state index contributed by atoms with van der Waals surface area (Å²) in [6.45, 7) is 2.83. The number of amides is 2. The minimum absolute atomic E-state index is 0.108. The first-order valence-corrected chi connectivity index (χ1v) is 9.63. The number of rotatable bonds is 8. The van der Waals surface area contributed by atoms with E-state index in [0.29, 0.717) is 23.3 Å². The molecule has 2 N–H and O–H groups in total. The number of para-hydroxylation sites is 1. The van der Waals surface area contributed by atoms with Crippen molar-refractivity contribution in [1.82, 2.24) is 20.2 Å². The highest BCUT2D eigenvalue weighted by atomic mass is 16.2. The van der Waals surface area contributed by atoms with Crippen LogP contribution in [0.4, 0.5) is 0 Å². The minimum Gasteiger partial charge on any atom is -0.355 e. The fourth-order valence-corrected chi connectivity index (χ4v) is 3.08. The Morgan fingerprint density at radius 1 is 1.07 bits per heavy atom. The molecule has 150 valence electrons. The van der Waals surface area contributed by atoms with E-state index < -0.39 is 0 Å². The molecule has 3 rings (SSSR count). The lowest BCUT2D eigenvalue weighted by Crippen LogP contribution is -2.35. The summed E-state index contributed by atoms with van der Waals surface area (Å²) in [5.41, 5.74) is 1.31. The van der Waals surface area contributed by atoms with E-state index >= 15 is 0 Å². The monoisotopic (exact) mass is 392 g/mol. The number of nitrogens with zero attached hydrogens (tertiary/aromatic N) is 2. The fraction of sp³-hybridized carbons (Fsp3) is 0.273. The summed E-state index contributed by atoms with van der Waals surface area (Å²) in [4.78, 5) is 45.5. The lowest BCUT2D eigenvalue weighted by Gasteiger charge is -2.20. The van der Waals surface area contributed by atoms with Crippen molar-refractivity contribution >= 4 is 22.7 Å². The number of H-pyrrole nitrogens is 1. The SMILES string of the molecule is CCN(Cc1nc2ccccc2c(=O)[nH]1)C(=O)CCNC(=O)Cc1ccccc1. The molecule has 1 heterocycles. The second-order valence-corrected chi connectivity index (χ2v) is 6.70. The van der Waals surface area contributed by atoms with Crippen LogP contribution in [0.3, 0.4) is 0 Å². The molecule has 0 spiro atoms. The van der Waals surface area contributed by atoms with Crippen LogP contribution in [0.15, 0.2) is 59.4 Å². The quantitative estimate of drug-likeness (QED) is 0.613. The summed E-state index contributed by atoms with van der Waals surface area (Å²) in [7, 11) is 0. The molecule has 0 radical (unpaired) electrons. The van der Waals surface area contributed by atoms with Crippen molar-refractivity contribution in [1.29, 1.82) is 0 Å². The van der Waals surface area contributed by atoms with Crippen LogP contribution in [0.5, 0.6) is 0 Å². The zero-order valence-corrected chi connectivity index (χ0v) is 16.4. The third-order valence-electron chi connectivity index (χ3n) is 4.61. The number of aromatic nitrogens is 2. The maximum atomic E-state index is 12.5. The van der Waals surface area contributed by atoms with E-state index in [1.54, 1.807) is 23.1 Å². The Hall–Kier alpha value is -3.48. The molecular weight excluding hydrogens is 368 g/mol. The number of hydrogen-bond acceptors (Lipinski definition) is 4. The molecule has 0 aliphatic carbocycles. The highest BCUT2D eigenvalue weighted by Gasteiger charge is 2.14. The minimum atomic E-state index is -0.220. The summed E-state index contributed by atoms with van der Waals surface area (Å²) in [5.74, 6) is 0.216. The van der Waals surface area contributed by atoms with Gasteiger partial charge in [0, 0.05) is 19.5 Å². The molecule has 0 unspecified atom stereocenters. The molecule has 29 heavy (non-hydrogen) atoms. The second kappa shape index (κ2) is 9.64. The molecule has 3 aromatic rings. The van der Waals surface area contributed by atoms with E-state index in [4.69, 9.17) is 0 Å². The first kappa shape index (κ1) is 20.3. The van der Waals surface area contributed by atoms with E-state index in [1.807, 2.05) is 43.3 Å². The van der Waals surface area contributed by atoms with Gasteiger partial charge in [-0.3, -0.25) is 14.4 Å². The molecule has 1 aromatic heterocycles. The number of aromatic amines is 1. The first-order valence-electron chi connectivity index (χ1n) is 9.63. The lowest BCUT2D eigenvalue weighted by molar-refractivity contribution is -0.131. The van der Waals surface area contributed by atoms with Crippen LogP contribution < -0.4 is 10.9 Å². The maximum absolute atomic E-state index is 12.5.